The van der Waals surface area contributed by atoms with Crippen LogP contribution in [0.1, 0.15) is 5.56 Å². The zero-order valence-corrected chi connectivity index (χ0v) is 11.8. The van der Waals surface area contributed by atoms with Gasteiger partial charge in [-0.05, 0) is 24.6 Å². The number of anilines is 2. The topological polar surface area (TPSA) is 81.2 Å². The summed E-state index contributed by atoms with van der Waals surface area (Å²) in [5, 5.41) is 3.86. The second-order valence-electron chi connectivity index (χ2n) is 4.36. The highest BCUT2D eigenvalue weighted by atomic mass is 32.2. The molecule has 0 atom stereocenters. The quantitative estimate of drug-likeness (QED) is 0.914. The summed E-state index contributed by atoms with van der Waals surface area (Å²) in [5.74, 6) is 0.00185. The highest BCUT2D eigenvalue weighted by Crippen LogP contribution is 2.25. The van der Waals surface area contributed by atoms with Crippen molar-refractivity contribution < 1.29 is 8.42 Å². The van der Waals surface area contributed by atoms with E-state index in [2.05, 4.69) is 5.10 Å². The van der Waals surface area contributed by atoms with Gasteiger partial charge < -0.3 is 5.73 Å². The van der Waals surface area contributed by atoms with Gasteiger partial charge in [0.15, 0.2) is 5.82 Å². The van der Waals surface area contributed by atoms with Crippen molar-refractivity contribution in [2.45, 2.75) is 11.8 Å². The smallest absolute Gasteiger partial charge is 0.269 e. The summed E-state index contributed by atoms with van der Waals surface area (Å²) in [6, 6.07) is 7.24. The number of hydrogen-bond acceptors (Lipinski definition) is 4. The fraction of sp³-hybridized carbons (Fsp3) is 0.250. The third-order valence-electron chi connectivity index (χ3n) is 2.83. The second kappa shape index (κ2) is 4.58. The Morgan fingerprint density at radius 3 is 2.58 bits per heavy atom. The minimum atomic E-state index is -3.69. The third kappa shape index (κ3) is 2.41. The van der Waals surface area contributed by atoms with E-state index in [1.165, 1.54) is 22.2 Å². The fourth-order valence-electron chi connectivity index (χ4n) is 1.79. The summed E-state index contributed by atoms with van der Waals surface area (Å²) in [4.78, 5) is 0.0130. The van der Waals surface area contributed by atoms with Crippen LogP contribution in [-0.2, 0) is 17.1 Å². The van der Waals surface area contributed by atoms with Gasteiger partial charge in [-0.3, -0.25) is 8.99 Å². The van der Waals surface area contributed by atoms with Crippen LogP contribution in [0, 0.1) is 6.92 Å². The Kier molecular flexibility index (Phi) is 3.23. The molecule has 19 heavy (non-hydrogen) atoms. The number of aryl methyl sites for hydroxylation is 2. The van der Waals surface area contributed by atoms with E-state index < -0.39 is 10.0 Å². The lowest BCUT2D eigenvalue weighted by Gasteiger charge is -2.19. The average molecular weight is 280 g/mol. The molecule has 6 nitrogen and oxygen atoms in total. The van der Waals surface area contributed by atoms with Crippen LogP contribution in [0.15, 0.2) is 35.4 Å². The standard InChI is InChI=1S/C12H16N4O2S/c1-9-5-4-6-10(7-9)16(3)19(17,18)11-8-15(2)14-12(11)13/h4-8H,1-3H3,(H2,13,14). The van der Waals surface area contributed by atoms with Crippen molar-refractivity contribution in [2.24, 2.45) is 7.05 Å². The van der Waals surface area contributed by atoms with Crippen molar-refractivity contribution in [2.75, 3.05) is 17.1 Å². The molecule has 1 aromatic carbocycles. The lowest BCUT2D eigenvalue weighted by molar-refractivity contribution is 0.594. The van der Waals surface area contributed by atoms with Crippen molar-refractivity contribution >= 4 is 21.5 Å². The zero-order valence-electron chi connectivity index (χ0n) is 11.0. The van der Waals surface area contributed by atoms with Gasteiger partial charge in [0.2, 0.25) is 0 Å². The first-order valence-electron chi connectivity index (χ1n) is 5.67. The summed E-state index contributed by atoms with van der Waals surface area (Å²) < 4.78 is 27.5. The zero-order chi connectivity index (χ0) is 14.2. The first-order valence-corrected chi connectivity index (χ1v) is 7.11. The highest BCUT2D eigenvalue weighted by Gasteiger charge is 2.26. The van der Waals surface area contributed by atoms with Crippen LogP contribution in [0.4, 0.5) is 11.5 Å². The number of aromatic nitrogens is 2. The van der Waals surface area contributed by atoms with Gasteiger partial charge in [0.05, 0.1) is 5.69 Å². The molecule has 0 spiro atoms. The van der Waals surface area contributed by atoms with Gasteiger partial charge in [-0.2, -0.15) is 5.10 Å². The Bertz CT molecular complexity index is 706. The fourth-order valence-corrected chi connectivity index (χ4v) is 3.07. The molecule has 1 aromatic heterocycles. The predicted molar refractivity (Wildman–Crippen MR) is 74.4 cm³/mol. The van der Waals surface area contributed by atoms with Gasteiger partial charge >= 0.3 is 0 Å². The van der Waals surface area contributed by atoms with Crippen molar-refractivity contribution in [3.63, 3.8) is 0 Å². The molecule has 0 bridgehead atoms. The van der Waals surface area contributed by atoms with Gasteiger partial charge in [0, 0.05) is 20.3 Å². The molecule has 0 aliphatic heterocycles. The van der Waals surface area contributed by atoms with E-state index in [0.29, 0.717) is 5.69 Å². The Hall–Kier alpha value is -2.02. The highest BCUT2D eigenvalue weighted by molar-refractivity contribution is 7.93. The normalized spacial score (nSPS) is 11.5. The summed E-state index contributed by atoms with van der Waals surface area (Å²) in [7, 11) is -0.570. The van der Waals surface area contributed by atoms with E-state index in [1.807, 2.05) is 19.1 Å². The van der Waals surface area contributed by atoms with Crippen LogP contribution in [-0.4, -0.2) is 25.2 Å². The van der Waals surface area contributed by atoms with Crippen molar-refractivity contribution in [1.29, 1.82) is 0 Å². The maximum Gasteiger partial charge on any atom is 0.269 e. The average Bonchev–Trinajstić information content (AvgIpc) is 2.68. The van der Waals surface area contributed by atoms with E-state index in [9.17, 15) is 8.42 Å². The molecule has 0 saturated heterocycles. The largest absolute Gasteiger partial charge is 0.381 e. The molecule has 1 heterocycles. The SMILES string of the molecule is Cc1cccc(N(C)S(=O)(=O)c2cn(C)nc2N)c1. The van der Waals surface area contributed by atoms with E-state index in [4.69, 9.17) is 5.73 Å². The summed E-state index contributed by atoms with van der Waals surface area (Å²) in [5.41, 5.74) is 7.21. The summed E-state index contributed by atoms with van der Waals surface area (Å²) in [6.45, 7) is 1.91. The molecule has 0 unspecified atom stereocenters. The van der Waals surface area contributed by atoms with Gasteiger partial charge in [0.25, 0.3) is 10.0 Å². The van der Waals surface area contributed by atoms with Crippen LogP contribution in [0.3, 0.4) is 0 Å². The predicted octanol–water partition coefficient (Wildman–Crippen LogP) is 1.14. The molecule has 0 aliphatic carbocycles. The molecule has 0 fully saturated rings. The number of nitrogen functional groups attached to an aromatic ring is 1. The van der Waals surface area contributed by atoms with Crippen LogP contribution in [0.2, 0.25) is 0 Å². The number of nitrogens with zero attached hydrogens (tertiary/aromatic N) is 3. The maximum atomic E-state index is 12.5. The minimum absolute atomic E-state index is 0.00185. The summed E-state index contributed by atoms with van der Waals surface area (Å²) in [6.07, 6.45) is 1.40. The van der Waals surface area contributed by atoms with Crippen LogP contribution >= 0.6 is 0 Å². The van der Waals surface area contributed by atoms with E-state index >= 15 is 0 Å². The minimum Gasteiger partial charge on any atom is -0.381 e. The van der Waals surface area contributed by atoms with Gasteiger partial charge in [-0.1, -0.05) is 12.1 Å². The Morgan fingerprint density at radius 2 is 2.05 bits per heavy atom. The third-order valence-corrected chi connectivity index (χ3v) is 4.63. The molecule has 0 radical (unpaired) electrons. The molecule has 0 saturated carbocycles. The van der Waals surface area contributed by atoms with Crippen molar-refractivity contribution in [1.82, 2.24) is 9.78 Å². The van der Waals surface area contributed by atoms with E-state index in [1.54, 1.807) is 19.2 Å². The monoisotopic (exact) mass is 280 g/mol. The summed E-state index contributed by atoms with van der Waals surface area (Å²) >= 11 is 0. The van der Waals surface area contributed by atoms with Crippen LogP contribution < -0.4 is 10.0 Å². The molecule has 7 heteroatoms. The number of benzene rings is 1. The molecule has 102 valence electrons. The number of sulfonamides is 1. The Labute approximate surface area is 112 Å². The molecular weight excluding hydrogens is 264 g/mol. The molecule has 0 aliphatic rings. The first-order chi connectivity index (χ1) is 8.82. The molecule has 2 N–H and O–H groups in total. The van der Waals surface area contributed by atoms with Crippen molar-refractivity contribution in [3.05, 3.63) is 36.0 Å². The lowest BCUT2D eigenvalue weighted by Crippen LogP contribution is -2.27. The molecule has 2 rings (SSSR count). The number of rotatable bonds is 3. The lowest BCUT2D eigenvalue weighted by atomic mass is 10.2. The van der Waals surface area contributed by atoms with Gasteiger partial charge in [0.1, 0.15) is 4.90 Å². The number of hydrogen-bond donors (Lipinski definition) is 1. The number of nitrogens with two attached hydrogens (primary N) is 1. The maximum absolute atomic E-state index is 12.5. The molecule has 0 amide bonds. The Balaban J connectivity index is 2.48. The van der Waals surface area contributed by atoms with Gasteiger partial charge in [-0.15, -0.1) is 0 Å². The molecular formula is C12H16N4O2S. The van der Waals surface area contributed by atoms with Crippen LogP contribution in [0.25, 0.3) is 0 Å². The van der Waals surface area contributed by atoms with Crippen LogP contribution in [0.5, 0.6) is 0 Å². The van der Waals surface area contributed by atoms with E-state index in [-0.39, 0.29) is 10.7 Å². The van der Waals surface area contributed by atoms with E-state index in [0.717, 1.165) is 5.56 Å². The Morgan fingerprint density at radius 1 is 1.37 bits per heavy atom. The molecule has 2 aromatic rings. The second-order valence-corrected chi connectivity index (χ2v) is 6.30. The first kappa shape index (κ1) is 13.4. The van der Waals surface area contributed by atoms with Gasteiger partial charge in [-0.25, -0.2) is 8.42 Å². The van der Waals surface area contributed by atoms with Crippen molar-refractivity contribution in [3.8, 4) is 0 Å².